The van der Waals surface area contributed by atoms with Crippen LogP contribution in [0.25, 0.3) is 10.8 Å². The molecule has 0 fully saturated rings. The van der Waals surface area contributed by atoms with E-state index >= 15 is 0 Å². The Morgan fingerprint density at radius 2 is 2.22 bits per heavy atom. The fourth-order valence-electron chi connectivity index (χ4n) is 2.59. The highest BCUT2D eigenvalue weighted by atomic mass is 32.1. The van der Waals surface area contributed by atoms with E-state index in [2.05, 4.69) is 25.7 Å². The highest BCUT2D eigenvalue weighted by Crippen LogP contribution is 2.21. The molecule has 0 spiro atoms. The number of nitrogens with two attached hydrogens (primary N) is 1. The highest BCUT2D eigenvalue weighted by molar-refractivity contribution is 7.12. The minimum absolute atomic E-state index is 0.184. The molecule has 0 aliphatic rings. The van der Waals surface area contributed by atoms with Gasteiger partial charge in [-0.15, -0.1) is 11.3 Å². The maximum Gasteiger partial charge on any atom is 0.280 e. The van der Waals surface area contributed by atoms with Gasteiger partial charge in [-0.05, 0) is 12.1 Å². The summed E-state index contributed by atoms with van der Waals surface area (Å²) in [6.07, 6.45) is 4.63. The lowest BCUT2D eigenvalue weighted by Crippen LogP contribution is -2.20. The van der Waals surface area contributed by atoms with E-state index in [0.29, 0.717) is 22.5 Å². The van der Waals surface area contributed by atoms with Crippen LogP contribution in [0.5, 0.6) is 0 Å². The maximum atomic E-state index is 12.7. The van der Waals surface area contributed by atoms with Gasteiger partial charge in [-0.1, -0.05) is 0 Å². The zero-order chi connectivity index (χ0) is 19.0. The number of nitrogens with zero attached hydrogens (tertiary/aromatic N) is 5. The van der Waals surface area contributed by atoms with Crippen molar-refractivity contribution < 1.29 is 4.79 Å². The van der Waals surface area contributed by atoms with Gasteiger partial charge in [-0.3, -0.25) is 14.2 Å². The molecular weight excluding hydrogens is 368 g/mol. The highest BCUT2D eigenvalue weighted by Gasteiger charge is 2.15. The van der Waals surface area contributed by atoms with Crippen LogP contribution in [-0.2, 0) is 0 Å². The molecule has 4 aromatic heterocycles. The minimum Gasteiger partial charge on any atom is -0.373 e. The summed E-state index contributed by atoms with van der Waals surface area (Å²) in [5.74, 6) is 0.303. The fourth-order valence-corrected chi connectivity index (χ4v) is 3.21. The Morgan fingerprint density at radius 3 is 2.93 bits per heavy atom. The number of aromatic nitrogens is 5. The Hall–Kier alpha value is -3.73. The van der Waals surface area contributed by atoms with E-state index in [-0.39, 0.29) is 16.8 Å². The van der Waals surface area contributed by atoms with E-state index in [4.69, 9.17) is 5.73 Å². The maximum absolute atomic E-state index is 12.7. The van der Waals surface area contributed by atoms with Crippen LogP contribution in [0.4, 0.5) is 17.3 Å². The number of thiazole rings is 1. The summed E-state index contributed by atoms with van der Waals surface area (Å²) in [7, 11) is 1.71. The lowest BCUT2D eigenvalue weighted by molar-refractivity contribution is 0.100. The molecule has 10 nitrogen and oxygen atoms in total. The first-order chi connectivity index (χ1) is 13.1. The average Bonchev–Trinajstić information content (AvgIpc) is 3.32. The van der Waals surface area contributed by atoms with E-state index in [1.54, 1.807) is 43.0 Å². The van der Waals surface area contributed by atoms with Gasteiger partial charge in [-0.2, -0.15) is 9.61 Å². The molecule has 0 radical (unpaired) electrons. The number of primary amides is 1. The molecule has 11 heteroatoms. The van der Waals surface area contributed by atoms with Crippen molar-refractivity contribution in [2.45, 2.75) is 0 Å². The van der Waals surface area contributed by atoms with Crippen LogP contribution in [0, 0.1) is 0 Å². The number of amides is 1. The van der Waals surface area contributed by atoms with Crippen LogP contribution in [-0.4, -0.2) is 37.1 Å². The first-order valence-corrected chi connectivity index (χ1v) is 8.71. The molecule has 0 atom stereocenters. The molecule has 27 heavy (non-hydrogen) atoms. The number of nitrogens with one attached hydrogen (secondary N) is 2. The van der Waals surface area contributed by atoms with Crippen molar-refractivity contribution in [1.82, 2.24) is 24.1 Å². The summed E-state index contributed by atoms with van der Waals surface area (Å²) in [5.41, 5.74) is 5.89. The summed E-state index contributed by atoms with van der Waals surface area (Å²) in [5, 5.41) is 12.4. The van der Waals surface area contributed by atoms with Gasteiger partial charge in [0, 0.05) is 30.9 Å². The largest absolute Gasteiger partial charge is 0.373 e. The lowest BCUT2D eigenvalue weighted by Gasteiger charge is -2.10. The van der Waals surface area contributed by atoms with Crippen LogP contribution in [0.2, 0.25) is 0 Å². The topological polar surface area (TPSA) is 132 Å². The monoisotopic (exact) mass is 382 g/mol. The van der Waals surface area contributed by atoms with Gasteiger partial charge in [0.2, 0.25) is 0 Å². The second-order valence-electron chi connectivity index (χ2n) is 5.47. The third-order valence-electron chi connectivity index (χ3n) is 3.83. The van der Waals surface area contributed by atoms with Crippen molar-refractivity contribution in [1.29, 1.82) is 0 Å². The molecule has 0 aliphatic heterocycles. The molecular formula is C16H14N8O2S. The van der Waals surface area contributed by atoms with Gasteiger partial charge in [0.05, 0.1) is 6.20 Å². The van der Waals surface area contributed by atoms with Gasteiger partial charge in [0.1, 0.15) is 22.9 Å². The summed E-state index contributed by atoms with van der Waals surface area (Å²) >= 11 is 1.35. The molecule has 4 aromatic rings. The quantitative estimate of drug-likeness (QED) is 0.473. The number of hydrogen-bond donors (Lipinski definition) is 3. The molecule has 0 bridgehead atoms. The van der Waals surface area contributed by atoms with Gasteiger partial charge >= 0.3 is 0 Å². The molecule has 1 amide bonds. The molecule has 0 unspecified atom stereocenters. The molecule has 0 aliphatic carbocycles. The number of rotatable bonds is 5. The van der Waals surface area contributed by atoms with E-state index in [0.717, 1.165) is 0 Å². The lowest BCUT2D eigenvalue weighted by atomic mass is 10.3. The van der Waals surface area contributed by atoms with Gasteiger partial charge in [-0.25, -0.2) is 9.97 Å². The van der Waals surface area contributed by atoms with Gasteiger partial charge < -0.3 is 16.4 Å². The van der Waals surface area contributed by atoms with Crippen LogP contribution < -0.4 is 21.9 Å². The molecule has 4 heterocycles. The Kier molecular flexibility index (Phi) is 4.05. The van der Waals surface area contributed by atoms with Crippen molar-refractivity contribution in [3.63, 3.8) is 0 Å². The van der Waals surface area contributed by atoms with E-state index < -0.39 is 5.91 Å². The third kappa shape index (κ3) is 2.89. The molecule has 4 N–H and O–H groups in total. The molecule has 0 aromatic carbocycles. The van der Waals surface area contributed by atoms with E-state index in [1.807, 2.05) is 0 Å². The number of carbonyl (C=O) groups excluding carboxylic acids is 1. The van der Waals surface area contributed by atoms with E-state index in [9.17, 15) is 9.59 Å². The van der Waals surface area contributed by atoms with Crippen molar-refractivity contribution in [2.24, 2.45) is 5.73 Å². The normalized spacial score (nSPS) is 10.9. The summed E-state index contributed by atoms with van der Waals surface area (Å²) in [6.45, 7) is 0. The van der Waals surface area contributed by atoms with Crippen molar-refractivity contribution in [2.75, 3.05) is 17.7 Å². The smallest absolute Gasteiger partial charge is 0.280 e. The first kappa shape index (κ1) is 16.7. The third-order valence-corrected chi connectivity index (χ3v) is 4.60. The predicted molar refractivity (Wildman–Crippen MR) is 102 cm³/mol. The van der Waals surface area contributed by atoms with Crippen LogP contribution >= 0.6 is 11.3 Å². The zero-order valence-corrected chi connectivity index (χ0v) is 14.9. The first-order valence-electron chi connectivity index (χ1n) is 7.83. The second-order valence-corrected chi connectivity index (χ2v) is 6.34. The average molecular weight is 382 g/mol. The predicted octanol–water partition coefficient (Wildman–Crippen LogP) is 1.22. The summed E-state index contributed by atoms with van der Waals surface area (Å²) in [4.78, 5) is 32.9. The summed E-state index contributed by atoms with van der Waals surface area (Å²) < 4.78 is 2.91. The van der Waals surface area contributed by atoms with Crippen molar-refractivity contribution in [3.05, 3.63) is 58.1 Å². The molecule has 136 valence electrons. The zero-order valence-electron chi connectivity index (χ0n) is 14.1. The SMILES string of the molecule is CNc1cc(Nc2cccn(-c3nccs3)c2=O)nc2c(C(N)=O)cnn12. The second kappa shape index (κ2) is 6.53. The Balaban J connectivity index is 1.80. The fraction of sp³-hybridized carbons (Fsp3) is 0.0625. The van der Waals surface area contributed by atoms with Gasteiger partial charge in [0.15, 0.2) is 10.8 Å². The Labute approximate surface area is 156 Å². The number of anilines is 3. The van der Waals surface area contributed by atoms with Crippen molar-refractivity contribution >= 4 is 40.2 Å². The number of hydrogen-bond acceptors (Lipinski definition) is 8. The summed E-state index contributed by atoms with van der Waals surface area (Å²) in [6, 6.07) is 5.05. The molecule has 0 saturated carbocycles. The van der Waals surface area contributed by atoms with Crippen LogP contribution in [0.15, 0.2) is 47.0 Å². The number of carbonyl (C=O) groups is 1. The minimum atomic E-state index is -0.637. The van der Waals surface area contributed by atoms with E-state index in [1.165, 1.54) is 26.6 Å². The van der Waals surface area contributed by atoms with Gasteiger partial charge in [0.25, 0.3) is 11.5 Å². The Bertz CT molecular complexity index is 1200. The Morgan fingerprint density at radius 1 is 1.37 bits per heavy atom. The molecule has 4 rings (SSSR count). The van der Waals surface area contributed by atoms with Crippen molar-refractivity contribution in [3.8, 4) is 5.13 Å². The number of fused-ring (bicyclic) bond motifs is 1. The number of pyridine rings is 1. The molecule has 0 saturated heterocycles. The van der Waals surface area contributed by atoms with Crippen LogP contribution in [0.3, 0.4) is 0 Å². The standard InChI is InChI=1S/C16H14N8O2S/c1-18-12-7-11(22-14-9(13(17)25)8-20-24(12)14)21-10-3-2-5-23(15(10)26)16-19-4-6-27-16/h2-8,18H,1H3,(H2,17,25)(H,21,22). The van der Waals surface area contributed by atoms with Crippen LogP contribution in [0.1, 0.15) is 10.4 Å².